The third-order valence-corrected chi connectivity index (χ3v) is 2.75. The fourth-order valence-corrected chi connectivity index (χ4v) is 1.78. The second kappa shape index (κ2) is 6.56. The average molecular weight is 284 g/mol. The Kier molecular flexibility index (Phi) is 4.56. The minimum Gasteiger partial charge on any atom is -0.870 e. The number of aliphatic imine (C=N–C) groups is 1. The van der Waals surface area contributed by atoms with Crippen LogP contribution in [0.15, 0.2) is 47.5 Å². The molecular formula is C16H14NO4-. The molecule has 0 atom stereocenters. The molecule has 0 unspecified atom stereocenters. The molecule has 108 valence electrons. The summed E-state index contributed by atoms with van der Waals surface area (Å²) in [5.74, 6) is -0.972. The highest BCUT2D eigenvalue weighted by Gasteiger charge is 2.07. The Morgan fingerprint density at radius 2 is 2.10 bits per heavy atom. The SMILES string of the molecule is CCOc1cc(C=Nc2ccccc2C(=O)O)ccc1[O-]. The van der Waals surface area contributed by atoms with Crippen molar-refractivity contribution in [1.29, 1.82) is 0 Å². The Labute approximate surface area is 122 Å². The number of rotatable bonds is 5. The lowest BCUT2D eigenvalue weighted by Crippen LogP contribution is -1.99. The third kappa shape index (κ3) is 3.60. The molecule has 1 N–H and O–H groups in total. The highest BCUT2D eigenvalue weighted by molar-refractivity contribution is 5.95. The van der Waals surface area contributed by atoms with E-state index in [1.54, 1.807) is 37.3 Å². The molecule has 0 aromatic heterocycles. The zero-order valence-electron chi connectivity index (χ0n) is 11.4. The van der Waals surface area contributed by atoms with Crippen molar-refractivity contribution in [2.45, 2.75) is 6.92 Å². The molecule has 2 aromatic carbocycles. The van der Waals surface area contributed by atoms with E-state index in [2.05, 4.69) is 4.99 Å². The van der Waals surface area contributed by atoms with Crippen molar-refractivity contribution in [3.8, 4) is 11.5 Å². The van der Waals surface area contributed by atoms with Crippen LogP contribution in [0.4, 0.5) is 5.69 Å². The van der Waals surface area contributed by atoms with Gasteiger partial charge >= 0.3 is 5.97 Å². The summed E-state index contributed by atoms with van der Waals surface area (Å²) in [6.45, 7) is 2.20. The minimum absolute atomic E-state index is 0.124. The van der Waals surface area contributed by atoms with Crippen LogP contribution in [0, 0.1) is 0 Å². The van der Waals surface area contributed by atoms with Gasteiger partial charge in [0, 0.05) is 6.21 Å². The number of carboxylic acids is 1. The number of hydrogen-bond acceptors (Lipinski definition) is 4. The number of hydrogen-bond donors (Lipinski definition) is 1. The van der Waals surface area contributed by atoms with Gasteiger partial charge in [-0.3, -0.25) is 4.99 Å². The van der Waals surface area contributed by atoms with Crippen molar-refractivity contribution in [3.05, 3.63) is 53.6 Å². The van der Waals surface area contributed by atoms with Crippen LogP contribution in [0.3, 0.4) is 0 Å². The maximum atomic E-state index is 11.5. The molecule has 0 aliphatic rings. The van der Waals surface area contributed by atoms with Gasteiger partial charge in [-0.1, -0.05) is 30.0 Å². The molecule has 5 heteroatoms. The largest absolute Gasteiger partial charge is 0.870 e. The Balaban J connectivity index is 2.30. The molecule has 0 spiro atoms. The zero-order valence-corrected chi connectivity index (χ0v) is 11.4. The predicted octanol–water partition coefficient (Wildman–Crippen LogP) is 2.61. The first kappa shape index (κ1) is 14.6. The molecule has 2 rings (SSSR count). The Morgan fingerprint density at radius 3 is 2.81 bits per heavy atom. The highest BCUT2D eigenvalue weighted by atomic mass is 16.5. The molecule has 0 fully saturated rings. The monoisotopic (exact) mass is 284 g/mol. The molecule has 2 aromatic rings. The predicted molar refractivity (Wildman–Crippen MR) is 77.7 cm³/mol. The fraction of sp³-hybridized carbons (Fsp3) is 0.125. The summed E-state index contributed by atoms with van der Waals surface area (Å²) >= 11 is 0. The lowest BCUT2D eigenvalue weighted by Gasteiger charge is -2.13. The molecular weight excluding hydrogens is 270 g/mol. The molecule has 0 heterocycles. The molecule has 0 aliphatic heterocycles. The van der Waals surface area contributed by atoms with Crippen molar-refractivity contribution in [1.82, 2.24) is 0 Å². The van der Waals surface area contributed by atoms with Crippen LogP contribution in [0.5, 0.6) is 11.5 Å². The van der Waals surface area contributed by atoms with Gasteiger partial charge < -0.3 is 14.9 Å². The van der Waals surface area contributed by atoms with E-state index in [1.807, 2.05) is 0 Å². The fourth-order valence-electron chi connectivity index (χ4n) is 1.78. The Morgan fingerprint density at radius 1 is 1.33 bits per heavy atom. The van der Waals surface area contributed by atoms with E-state index in [1.165, 1.54) is 18.3 Å². The smallest absolute Gasteiger partial charge is 0.337 e. The summed E-state index contributed by atoms with van der Waals surface area (Å²) in [6, 6.07) is 11.0. The summed E-state index contributed by atoms with van der Waals surface area (Å²) in [5.41, 5.74) is 1.15. The maximum absolute atomic E-state index is 11.5. The summed E-state index contributed by atoms with van der Waals surface area (Å²) in [6.07, 6.45) is 1.50. The third-order valence-electron chi connectivity index (χ3n) is 2.75. The van der Waals surface area contributed by atoms with Gasteiger partial charge in [-0.2, -0.15) is 0 Å². The van der Waals surface area contributed by atoms with Gasteiger partial charge in [0.15, 0.2) is 0 Å². The molecule has 0 aliphatic carbocycles. The highest BCUT2D eigenvalue weighted by Crippen LogP contribution is 2.24. The van der Waals surface area contributed by atoms with Crippen molar-refractivity contribution in [2.75, 3.05) is 6.61 Å². The average Bonchev–Trinajstić information content (AvgIpc) is 2.48. The number of carboxylic acid groups (broad SMARTS) is 1. The number of aromatic carboxylic acids is 1. The van der Waals surface area contributed by atoms with Crippen LogP contribution in [-0.2, 0) is 0 Å². The summed E-state index contributed by atoms with van der Waals surface area (Å²) in [4.78, 5) is 15.2. The van der Waals surface area contributed by atoms with Crippen molar-refractivity contribution < 1.29 is 19.7 Å². The molecule has 0 radical (unpaired) electrons. The first-order chi connectivity index (χ1) is 10.1. The van der Waals surface area contributed by atoms with Crippen LogP contribution in [0.1, 0.15) is 22.8 Å². The van der Waals surface area contributed by atoms with Gasteiger partial charge in [0.25, 0.3) is 0 Å². The van der Waals surface area contributed by atoms with E-state index in [9.17, 15) is 9.90 Å². The van der Waals surface area contributed by atoms with Gasteiger partial charge in [0.2, 0.25) is 0 Å². The first-order valence-electron chi connectivity index (χ1n) is 6.42. The second-order valence-corrected chi connectivity index (χ2v) is 4.22. The number of ether oxygens (including phenoxy) is 1. The van der Waals surface area contributed by atoms with Gasteiger partial charge in [-0.25, -0.2) is 4.79 Å². The molecule has 21 heavy (non-hydrogen) atoms. The molecule has 0 saturated carbocycles. The van der Waals surface area contributed by atoms with Crippen molar-refractivity contribution in [3.63, 3.8) is 0 Å². The normalized spacial score (nSPS) is 10.7. The number of benzene rings is 2. The minimum atomic E-state index is -1.03. The quantitative estimate of drug-likeness (QED) is 0.855. The summed E-state index contributed by atoms with van der Waals surface area (Å²) in [5, 5.41) is 20.6. The number of nitrogens with zero attached hydrogens (tertiary/aromatic N) is 1. The standard InChI is InChI=1S/C16H15NO4/c1-2-21-15-9-11(7-8-14(15)18)10-17-13-6-4-3-5-12(13)16(19)20/h3-10,18H,2H2,1H3,(H,19,20)/p-1. The number of carbonyl (C=O) groups is 1. The van der Waals surface area contributed by atoms with Crippen molar-refractivity contribution >= 4 is 17.9 Å². The van der Waals surface area contributed by atoms with E-state index in [4.69, 9.17) is 9.84 Å². The van der Waals surface area contributed by atoms with Crippen LogP contribution in [0.25, 0.3) is 0 Å². The second-order valence-electron chi connectivity index (χ2n) is 4.22. The zero-order chi connectivity index (χ0) is 15.2. The van der Waals surface area contributed by atoms with E-state index in [0.717, 1.165) is 0 Å². The number of para-hydroxylation sites is 1. The van der Waals surface area contributed by atoms with Crippen molar-refractivity contribution in [2.24, 2.45) is 4.99 Å². The van der Waals surface area contributed by atoms with Gasteiger partial charge in [0.1, 0.15) is 5.75 Å². The van der Waals surface area contributed by atoms with E-state index < -0.39 is 5.97 Å². The van der Waals surface area contributed by atoms with Crippen LogP contribution in [-0.4, -0.2) is 23.9 Å². The van der Waals surface area contributed by atoms with Gasteiger partial charge in [-0.05, 0) is 30.7 Å². The molecule has 5 nitrogen and oxygen atoms in total. The molecule has 0 saturated heterocycles. The van der Waals surface area contributed by atoms with Gasteiger partial charge in [0.05, 0.1) is 17.9 Å². The molecule has 0 bridgehead atoms. The van der Waals surface area contributed by atoms with Gasteiger partial charge in [-0.15, -0.1) is 0 Å². The maximum Gasteiger partial charge on any atom is 0.337 e. The van der Waals surface area contributed by atoms with Crippen LogP contribution < -0.4 is 9.84 Å². The molecule has 0 amide bonds. The van der Waals surface area contributed by atoms with Crippen LogP contribution >= 0.6 is 0 Å². The van der Waals surface area contributed by atoms with E-state index in [0.29, 0.717) is 17.9 Å². The lowest BCUT2D eigenvalue weighted by atomic mass is 10.2. The Bertz CT molecular complexity index is 680. The lowest BCUT2D eigenvalue weighted by molar-refractivity contribution is -0.270. The summed E-state index contributed by atoms with van der Waals surface area (Å²) in [7, 11) is 0. The first-order valence-corrected chi connectivity index (χ1v) is 6.42. The topological polar surface area (TPSA) is 82.0 Å². The van der Waals surface area contributed by atoms with E-state index in [-0.39, 0.29) is 17.1 Å². The Hall–Kier alpha value is -2.82. The van der Waals surface area contributed by atoms with Crippen LogP contribution in [0.2, 0.25) is 0 Å². The summed E-state index contributed by atoms with van der Waals surface area (Å²) < 4.78 is 5.22. The van der Waals surface area contributed by atoms with E-state index >= 15 is 0 Å².